The fourth-order valence-electron chi connectivity index (χ4n) is 2.00. The van der Waals surface area contributed by atoms with Crippen LogP contribution in [0.1, 0.15) is 18.5 Å². The Hall–Kier alpha value is -2.30. The number of nitrogens with zero attached hydrogens (tertiary/aromatic N) is 1. The average Bonchev–Trinajstić information content (AvgIpc) is 2.36. The van der Waals surface area contributed by atoms with Crippen molar-refractivity contribution in [2.45, 2.75) is 13.0 Å². The molecule has 5 heteroatoms. The number of carboxylic acid groups (broad SMARTS) is 1. The van der Waals surface area contributed by atoms with Gasteiger partial charge in [-0.15, -0.1) is 0 Å². The van der Waals surface area contributed by atoms with Gasteiger partial charge in [0.25, 0.3) is 0 Å². The monoisotopic (exact) mass is 245 g/mol. The molecule has 1 aromatic carbocycles. The molecule has 1 aliphatic rings. The van der Waals surface area contributed by atoms with Gasteiger partial charge in [0.2, 0.25) is 0 Å². The maximum atomic E-state index is 11.7. The van der Waals surface area contributed by atoms with Crippen molar-refractivity contribution in [3.8, 4) is 0 Å². The highest BCUT2D eigenvalue weighted by molar-refractivity contribution is 5.92. The Kier molecular flexibility index (Phi) is 3.06. The number of urea groups is 1. The number of allylic oxidation sites excluding steroid dienone is 1. The van der Waals surface area contributed by atoms with Crippen molar-refractivity contribution in [2.75, 3.05) is 7.05 Å². The lowest BCUT2D eigenvalue weighted by molar-refractivity contribution is -0.300. The molecule has 0 saturated heterocycles. The van der Waals surface area contributed by atoms with E-state index >= 15 is 0 Å². The molecule has 2 amide bonds. The third-order valence-corrected chi connectivity index (χ3v) is 3.11. The van der Waals surface area contributed by atoms with Gasteiger partial charge in [-0.1, -0.05) is 30.3 Å². The van der Waals surface area contributed by atoms with E-state index < -0.39 is 12.0 Å². The second-order valence-corrected chi connectivity index (χ2v) is 4.14. The van der Waals surface area contributed by atoms with Crippen LogP contribution < -0.4 is 10.4 Å². The van der Waals surface area contributed by atoms with Gasteiger partial charge in [-0.05, 0) is 12.5 Å². The van der Waals surface area contributed by atoms with E-state index in [1.165, 1.54) is 11.9 Å². The second-order valence-electron chi connectivity index (χ2n) is 4.14. The summed E-state index contributed by atoms with van der Waals surface area (Å²) in [6, 6.07) is 7.96. The molecule has 1 aromatic rings. The minimum absolute atomic E-state index is 0.0864. The fourth-order valence-corrected chi connectivity index (χ4v) is 2.00. The molecule has 0 aliphatic carbocycles. The predicted octanol–water partition coefficient (Wildman–Crippen LogP) is 0.407. The number of aliphatic carboxylic acids is 1. The number of nitrogens with one attached hydrogen (secondary N) is 1. The molecule has 18 heavy (non-hydrogen) atoms. The minimum Gasteiger partial charge on any atom is -0.545 e. The molecule has 0 aromatic heterocycles. The van der Waals surface area contributed by atoms with Crippen molar-refractivity contribution in [1.82, 2.24) is 10.2 Å². The largest absolute Gasteiger partial charge is 0.545 e. The van der Waals surface area contributed by atoms with Crippen LogP contribution in [0.25, 0.3) is 0 Å². The molecular weight excluding hydrogens is 232 g/mol. The van der Waals surface area contributed by atoms with Crippen LogP contribution in [-0.2, 0) is 4.79 Å². The minimum atomic E-state index is -1.27. The highest BCUT2D eigenvalue weighted by Gasteiger charge is 2.30. The number of benzene rings is 1. The van der Waals surface area contributed by atoms with Gasteiger partial charge in [-0.2, -0.15) is 0 Å². The fraction of sp³-hybridized carbons (Fsp3) is 0.231. The van der Waals surface area contributed by atoms with Crippen molar-refractivity contribution in [3.63, 3.8) is 0 Å². The average molecular weight is 245 g/mol. The molecule has 0 radical (unpaired) electrons. The van der Waals surface area contributed by atoms with E-state index in [1.54, 1.807) is 31.2 Å². The first-order chi connectivity index (χ1) is 8.52. The van der Waals surface area contributed by atoms with Crippen molar-refractivity contribution in [2.24, 2.45) is 0 Å². The third-order valence-electron chi connectivity index (χ3n) is 3.11. The third kappa shape index (κ3) is 1.95. The van der Waals surface area contributed by atoms with Crippen LogP contribution in [0.5, 0.6) is 0 Å². The van der Waals surface area contributed by atoms with E-state index in [1.807, 2.05) is 6.07 Å². The standard InChI is InChI=1S/C13H14N2O3/c1-8-10(12(16)17)11(14-13(18)15(8)2)9-6-4-3-5-7-9/h3-7,11H,1-2H3,(H,14,18)(H,16,17)/p-1/t11-/m0/s1. The Bertz CT molecular complexity index is 522. The van der Waals surface area contributed by atoms with E-state index in [0.29, 0.717) is 5.70 Å². The first kappa shape index (κ1) is 12.2. The summed E-state index contributed by atoms with van der Waals surface area (Å²) in [6.07, 6.45) is 0. The number of hydrogen-bond donors (Lipinski definition) is 1. The molecule has 1 atom stereocenters. The van der Waals surface area contributed by atoms with E-state index in [2.05, 4.69) is 5.32 Å². The van der Waals surface area contributed by atoms with Crippen molar-refractivity contribution in [1.29, 1.82) is 0 Å². The zero-order chi connectivity index (χ0) is 13.3. The van der Waals surface area contributed by atoms with Crippen LogP contribution in [0.3, 0.4) is 0 Å². The van der Waals surface area contributed by atoms with Gasteiger partial charge in [0, 0.05) is 18.3 Å². The van der Waals surface area contributed by atoms with Crippen LogP contribution in [0.15, 0.2) is 41.6 Å². The molecule has 5 nitrogen and oxygen atoms in total. The highest BCUT2D eigenvalue weighted by Crippen LogP contribution is 2.28. The zero-order valence-electron chi connectivity index (χ0n) is 10.1. The molecule has 94 valence electrons. The predicted molar refractivity (Wildman–Crippen MR) is 63.2 cm³/mol. The Labute approximate surface area is 105 Å². The van der Waals surface area contributed by atoms with Gasteiger partial charge < -0.3 is 20.1 Å². The van der Waals surface area contributed by atoms with Gasteiger partial charge in [0.05, 0.1) is 12.0 Å². The lowest BCUT2D eigenvalue weighted by Crippen LogP contribution is -2.48. The number of hydrogen-bond acceptors (Lipinski definition) is 3. The number of rotatable bonds is 2. The van der Waals surface area contributed by atoms with Gasteiger partial charge in [0.1, 0.15) is 0 Å². The lowest BCUT2D eigenvalue weighted by atomic mass is 9.95. The summed E-state index contributed by atoms with van der Waals surface area (Å²) in [6.45, 7) is 1.60. The normalized spacial score (nSPS) is 19.8. The maximum Gasteiger partial charge on any atom is 0.322 e. The van der Waals surface area contributed by atoms with Crippen molar-refractivity contribution >= 4 is 12.0 Å². The Morgan fingerprint density at radius 3 is 2.50 bits per heavy atom. The quantitative estimate of drug-likeness (QED) is 0.820. The van der Waals surface area contributed by atoms with E-state index in [4.69, 9.17) is 0 Å². The summed E-state index contributed by atoms with van der Waals surface area (Å²) in [4.78, 5) is 24.2. The molecular formula is C13H13N2O3-. The molecule has 0 spiro atoms. The van der Waals surface area contributed by atoms with Crippen LogP contribution in [0, 0.1) is 0 Å². The number of carbonyl (C=O) groups excluding carboxylic acids is 2. The van der Waals surface area contributed by atoms with Crippen LogP contribution >= 0.6 is 0 Å². The molecule has 2 rings (SSSR count). The Balaban J connectivity index is 2.53. The van der Waals surface area contributed by atoms with Crippen LogP contribution in [0.2, 0.25) is 0 Å². The summed E-state index contributed by atoms with van der Waals surface area (Å²) < 4.78 is 0. The van der Waals surface area contributed by atoms with E-state index in [0.717, 1.165) is 5.56 Å². The number of amides is 2. The summed E-state index contributed by atoms with van der Waals surface area (Å²) in [5.41, 5.74) is 1.20. The Morgan fingerprint density at radius 2 is 1.94 bits per heavy atom. The lowest BCUT2D eigenvalue weighted by Gasteiger charge is -2.34. The molecule has 0 bridgehead atoms. The topological polar surface area (TPSA) is 72.5 Å². The molecule has 1 heterocycles. The molecule has 0 fully saturated rings. The Morgan fingerprint density at radius 1 is 1.33 bits per heavy atom. The summed E-state index contributed by atoms with van der Waals surface area (Å²) >= 11 is 0. The first-order valence-corrected chi connectivity index (χ1v) is 5.53. The van der Waals surface area contributed by atoms with Gasteiger partial charge in [-0.25, -0.2) is 4.79 Å². The first-order valence-electron chi connectivity index (χ1n) is 5.53. The molecule has 1 aliphatic heterocycles. The number of carbonyl (C=O) groups is 2. The van der Waals surface area contributed by atoms with Crippen LogP contribution in [0.4, 0.5) is 4.79 Å². The van der Waals surface area contributed by atoms with Gasteiger partial charge in [-0.3, -0.25) is 0 Å². The summed E-state index contributed by atoms with van der Waals surface area (Å²) in [5.74, 6) is -1.27. The molecule has 0 unspecified atom stereocenters. The molecule has 1 N–H and O–H groups in total. The maximum absolute atomic E-state index is 11.7. The summed E-state index contributed by atoms with van der Waals surface area (Å²) in [5, 5.41) is 13.9. The van der Waals surface area contributed by atoms with Gasteiger partial charge in [0.15, 0.2) is 0 Å². The SMILES string of the molecule is CC1=C(C(=O)[O-])[C@H](c2ccccc2)NC(=O)N1C. The van der Waals surface area contributed by atoms with Gasteiger partial charge >= 0.3 is 6.03 Å². The van der Waals surface area contributed by atoms with E-state index in [-0.39, 0.29) is 11.6 Å². The van der Waals surface area contributed by atoms with Crippen molar-refractivity contribution < 1.29 is 14.7 Å². The zero-order valence-corrected chi connectivity index (χ0v) is 10.1. The number of carboxylic acids is 1. The smallest absolute Gasteiger partial charge is 0.322 e. The second kappa shape index (κ2) is 4.52. The summed E-state index contributed by atoms with van der Waals surface area (Å²) in [7, 11) is 1.52. The molecule has 0 saturated carbocycles. The highest BCUT2D eigenvalue weighted by atomic mass is 16.4. The van der Waals surface area contributed by atoms with Crippen LogP contribution in [-0.4, -0.2) is 23.9 Å². The van der Waals surface area contributed by atoms with Crippen molar-refractivity contribution in [3.05, 3.63) is 47.2 Å². The van der Waals surface area contributed by atoms with E-state index in [9.17, 15) is 14.7 Å².